The number of hydrogen-bond acceptors (Lipinski definition) is 5. The summed E-state index contributed by atoms with van der Waals surface area (Å²) in [6.07, 6.45) is 0.699. The number of ether oxygens (including phenoxy) is 2. The van der Waals surface area contributed by atoms with E-state index >= 15 is 0 Å². The number of nitrogens with zero attached hydrogens (tertiary/aromatic N) is 1. The third-order valence-corrected chi connectivity index (χ3v) is 7.43. The Morgan fingerprint density at radius 3 is 2.52 bits per heavy atom. The van der Waals surface area contributed by atoms with E-state index in [1.807, 2.05) is 0 Å². The molecule has 1 aliphatic rings. The van der Waals surface area contributed by atoms with Crippen molar-refractivity contribution in [2.45, 2.75) is 18.6 Å². The number of amides is 1. The van der Waals surface area contributed by atoms with Gasteiger partial charge in [0.25, 0.3) is 0 Å². The molecule has 1 heterocycles. The molecule has 0 unspecified atom stereocenters. The third-order valence-electron chi connectivity index (χ3n) is 5.27. The minimum absolute atomic E-state index is 0.0471. The van der Waals surface area contributed by atoms with Gasteiger partial charge in [-0.25, -0.2) is 17.1 Å². The summed E-state index contributed by atoms with van der Waals surface area (Å²) in [6.45, 7) is 0.337. The molecule has 1 amide bonds. The SMILES string of the molecule is COc1ccc(OC)c(NC(=O)C2CCN(S(=O)(=O)Cc3c(F)cccc3Cl)CC2)c1. The monoisotopic (exact) mass is 470 g/mol. The number of piperidine rings is 1. The molecule has 0 aliphatic carbocycles. The van der Waals surface area contributed by atoms with Gasteiger partial charge in [0.15, 0.2) is 0 Å². The van der Waals surface area contributed by atoms with Gasteiger partial charge in [-0.15, -0.1) is 0 Å². The van der Waals surface area contributed by atoms with Crippen LogP contribution in [0.25, 0.3) is 0 Å². The number of rotatable bonds is 7. The van der Waals surface area contributed by atoms with Crippen LogP contribution in [0, 0.1) is 11.7 Å². The molecular formula is C21H24ClFN2O5S. The quantitative estimate of drug-likeness (QED) is 0.667. The van der Waals surface area contributed by atoms with E-state index in [-0.39, 0.29) is 35.5 Å². The Bertz CT molecular complexity index is 1040. The highest BCUT2D eigenvalue weighted by atomic mass is 35.5. The summed E-state index contributed by atoms with van der Waals surface area (Å²) in [4.78, 5) is 12.7. The van der Waals surface area contributed by atoms with Crippen LogP contribution in [-0.4, -0.2) is 45.9 Å². The molecule has 0 saturated carbocycles. The van der Waals surface area contributed by atoms with Crippen molar-refractivity contribution in [3.05, 3.63) is 52.8 Å². The van der Waals surface area contributed by atoms with E-state index in [1.54, 1.807) is 18.2 Å². The standard InChI is InChI=1S/C21H24ClFN2O5S/c1-29-15-6-7-20(30-2)19(12-15)24-21(26)14-8-10-25(11-9-14)31(27,28)13-16-17(22)4-3-5-18(16)23/h3-7,12,14H,8-11,13H2,1-2H3,(H,24,26). The molecule has 31 heavy (non-hydrogen) atoms. The van der Waals surface area contributed by atoms with Gasteiger partial charge in [0.1, 0.15) is 17.3 Å². The lowest BCUT2D eigenvalue weighted by molar-refractivity contribution is -0.120. The van der Waals surface area contributed by atoms with Crippen molar-refractivity contribution in [1.82, 2.24) is 4.31 Å². The second-order valence-electron chi connectivity index (χ2n) is 7.19. The molecule has 1 fully saturated rings. The molecule has 3 rings (SSSR count). The molecule has 1 N–H and O–H groups in total. The maximum atomic E-state index is 14.0. The Morgan fingerprint density at radius 2 is 1.90 bits per heavy atom. The molecule has 0 aromatic heterocycles. The summed E-state index contributed by atoms with van der Waals surface area (Å²) in [5, 5.41) is 2.91. The van der Waals surface area contributed by atoms with E-state index in [2.05, 4.69) is 5.32 Å². The van der Waals surface area contributed by atoms with Crippen LogP contribution in [0.15, 0.2) is 36.4 Å². The average Bonchev–Trinajstić information content (AvgIpc) is 2.76. The highest BCUT2D eigenvalue weighted by Gasteiger charge is 2.32. The van der Waals surface area contributed by atoms with Gasteiger partial charge in [0, 0.05) is 35.7 Å². The van der Waals surface area contributed by atoms with Gasteiger partial charge < -0.3 is 14.8 Å². The van der Waals surface area contributed by atoms with E-state index in [0.717, 1.165) is 0 Å². The second-order valence-corrected chi connectivity index (χ2v) is 9.56. The van der Waals surface area contributed by atoms with Crippen LogP contribution in [0.2, 0.25) is 5.02 Å². The largest absolute Gasteiger partial charge is 0.497 e. The summed E-state index contributed by atoms with van der Waals surface area (Å²) in [6, 6.07) is 9.14. The summed E-state index contributed by atoms with van der Waals surface area (Å²) < 4.78 is 51.2. The number of carbonyl (C=O) groups is 1. The number of methoxy groups -OCH3 is 2. The van der Waals surface area contributed by atoms with Gasteiger partial charge in [0.05, 0.1) is 25.7 Å². The third kappa shape index (κ3) is 5.47. The molecule has 1 aliphatic heterocycles. The molecule has 10 heteroatoms. The molecule has 0 radical (unpaired) electrons. The Labute approximate surface area is 186 Å². The number of hydrogen-bond donors (Lipinski definition) is 1. The molecule has 2 aromatic carbocycles. The highest BCUT2D eigenvalue weighted by Crippen LogP contribution is 2.31. The zero-order chi connectivity index (χ0) is 22.6. The van der Waals surface area contributed by atoms with E-state index in [4.69, 9.17) is 21.1 Å². The number of nitrogens with one attached hydrogen (secondary N) is 1. The Hall–Kier alpha value is -2.36. The van der Waals surface area contributed by atoms with Crippen molar-refractivity contribution < 1.29 is 27.1 Å². The fourth-order valence-corrected chi connectivity index (χ4v) is 5.40. The molecule has 0 bridgehead atoms. The van der Waals surface area contributed by atoms with Crippen molar-refractivity contribution in [3.8, 4) is 11.5 Å². The number of benzene rings is 2. The zero-order valence-corrected chi connectivity index (χ0v) is 18.8. The van der Waals surface area contributed by atoms with E-state index < -0.39 is 21.6 Å². The highest BCUT2D eigenvalue weighted by molar-refractivity contribution is 7.88. The van der Waals surface area contributed by atoms with Crippen molar-refractivity contribution in [2.75, 3.05) is 32.6 Å². The Kier molecular flexibility index (Phi) is 7.40. The van der Waals surface area contributed by atoms with Crippen LogP contribution in [0.5, 0.6) is 11.5 Å². The molecule has 2 aromatic rings. The molecule has 1 saturated heterocycles. The smallest absolute Gasteiger partial charge is 0.227 e. The van der Waals surface area contributed by atoms with Crippen LogP contribution in [0.4, 0.5) is 10.1 Å². The first-order valence-electron chi connectivity index (χ1n) is 9.68. The van der Waals surface area contributed by atoms with Gasteiger partial charge in [-0.3, -0.25) is 4.79 Å². The minimum atomic E-state index is -3.77. The average molecular weight is 471 g/mol. The van der Waals surface area contributed by atoms with Crippen molar-refractivity contribution in [3.63, 3.8) is 0 Å². The molecule has 0 spiro atoms. The first-order valence-corrected chi connectivity index (χ1v) is 11.7. The summed E-state index contributed by atoms with van der Waals surface area (Å²) in [5.41, 5.74) is 0.435. The lowest BCUT2D eigenvalue weighted by Crippen LogP contribution is -2.42. The maximum Gasteiger partial charge on any atom is 0.227 e. The molecule has 168 valence electrons. The van der Waals surface area contributed by atoms with Crippen LogP contribution < -0.4 is 14.8 Å². The van der Waals surface area contributed by atoms with E-state index in [9.17, 15) is 17.6 Å². The van der Waals surface area contributed by atoms with Crippen LogP contribution >= 0.6 is 11.6 Å². The Morgan fingerprint density at radius 1 is 1.19 bits per heavy atom. The number of carbonyl (C=O) groups excluding carboxylic acids is 1. The second kappa shape index (κ2) is 9.84. The predicted octanol–water partition coefficient (Wildman–Crippen LogP) is 3.68. The first kappa shape index (κ1) is 23.3. The van der Waals surface area contributed by atoms with E-state index in [0.29, 0.717) is 30.0 Å². The molecule has 0 atom stereocenters. The Balaban J connectivity index is 1.63. The summed E-state index contributed by atoms with van der Waals surface area (Å²) >= 11 is 5.97. The number of sulfonamides is 1. The fraction of sp³-hybridized carbons (Fsp3) is 0.381. The van der Waals surface area contributed by atoms with Gasteiger partial charge in [-0.2, -0.15) is 0 Å². The minimum Gasteiger partial charge on any atom is -0.497 e. The van der Waals surface area contributed by atoms with Crippen LogP contribution in [0.3, 0.4) is 0 Å². The normalized spacial score (nSPS) is 15.5. The summed E-state index contributed by atoms with van der Waals surface area (Å²) in [5.74, 6) is -0.686. The molecular weight excluding hydrogens is 447 g/mol. The lowest BCUT2D eigenvalue weighted by atomic mass is 9.97. The lowest BCUT2D eigenvalue weighted by Gasteiger charge is -2.30. The van der Waals surface area contributed by atoms with Gasteiger partial charge >= 0.3 is 0 Å². The van der Waals surface area contributed by atoms with Crippen molar-refractivity contribution >= 4 is 33.2 Å². The van der Waals surface area contributed by atoms with Gasteiger partial charge in [-0.1, -0.05) is 17.7 Å². The first-order chi connectivity index (χ1) is 14.7. The topological polar surface area (TPSA) is 84.9 Å². The molecule has 7 nitrogen and oxygen atoms in total. The van der Waals surface area contributed by atoms with Gasteiger partial charge in [-0.05, 0) is 37.1 Å². The fourth-order valence-electron chi connectivity index (χ4n) is 3.49. The van der Waals surface area contributed by atoms with E-state index in [1.165, 1.54) is 36.7 Å². The summed E-state index contributed by atoms with van der Waals surface area (Å²) in [7, 11) is -0.740. The zero-order valence-electron chi connectivity index (χ0n) is 17.2. The van der Waals surface area contributed by atoms with Crippen LogP contribution in [0.1, 0.15) is 18.4 Å². The number of halogens is 2. The maximum absolute atomic E-state index is 14.0. The van der Waals surface area contributed by atoms with Crippen molar-refractivity contribution in [2.24, 2.45) is 5.92 Å². The predicted molar refractivity (Wildman–Crippen MR) is 117 cm³/mol. The van der Waals surface area contributed by atoms with Gasteiger partial charge in [0.2, 0.25) is 15.9 Å². The van der Waals surface area contributed by atoms with Crippen LogP contribution in [-0.2, 0) is 20.6 Å². The number of anilines is 1. The van der Waals surface area contributed by atoms with Crippen molar-refractivity contribution in [1.29, 1.82) is 0 Å².